The van der Waals surface area contributed by atoms with Crippen LogP contribution in [0.15, 0.2) is 109 Å². The van der Waals surface area contributed by atoms with Gasteiger partial charge in [-0.3, -0.25) is 0 Å². The Kier molecular flexibility index (Phi) is 12.6. The van der Waals surface area contributed by atoms with E-state index in [0.717, 1.165) is 129 Å². The highest BCUT2D eigenvalue weighted by atomic mass is 16.5. The Morgan fingerprint density at radius 2 is 0.758 bits per heavy atom. The highest BCUT2D eigenvalue weighted by Gasteiger charge is 2.23. The summed E-state index contributed by atoms with van der Waals surface area (Å²) in [6, 6.07) is 38.3. The van der Waals surface area contributed by atoms with E-state index in [2.05, 4.69) is 84.5 Å². The zero-order valence-corrected chi connectivity index (χ0v) is 39.0. The Morgan fingerprint density at radius 3 is 1.21 bits per heavy atom. The lowest BCUT2D eigenvalue weighted by atomic mass is 9.92. The van der Waals surface area contributed by atoms with Gasteiger partial charge in [-0.25, -0.2) is 9.97 Å². The number of nitrogens with one attached hydrogen (secondary N) is 2. The Bertz CT molecular complexity index is 2850. The summed E-state index contributed by atoms with van der Waals surface area (Å²) in [5.74, 6) is 5.96. The van der Waals surface area contributed by atoms with Crippen molar-refractivity contribution in [3.63, 3.8) is 0 Å². The Labute approximate surface area is 386 Å². The van der Waals surface area contributed by atoms with Crippen molar-refractivity contribution in [2.75, 3.05) is 42.7 Å². The van der Waals surface area contributed by atoms with Crippen LogP contribution in [0, 0.1) is 13.8 Å². The van der Waals surface area contributed by atoms with Gasteiger partial charge >= 0.3 is 0 Å². The number of imidazole rings is 2. The third kappa shape index (κ3) is 8.58. The van der Waals surface area contributed by atoms with Crippen molar-refractivity contribution in [1.82, 2.24) is 19.9 Å². The molecule has 0 saturated carbocycles. The molecule has 10 heteroatoms. The van der Waals surface area contributed by atoms with Crippen LogP contribution in [-0.2, 0) is 25.7 Å². The fourth-order valence-corrected chi connectivity index (χ4v) is 9.27. The van der Waals surface area contributed by atoms with Gasteiger partial charge in [0.2, 0.25) is 0 Å². The molecule has 4 aliphatic rings. The first kappa shape index (κ1) is 43.8. The maximum atomic E-state index is 5.75. The van der Waals surface area contributed by atoms with Crippen LogP contribution in [0.5, 0.6) is 34.5 Å². The maximum absolute atomic E-state index is 5.75. The molecule has 4 aliphatic carbocycles. The predicted molar refractivity (Wildman–Crippen MR) is 263 cm³/mol. The lowest BCUT2D eigenvalue weighted by Gasteiger charge is -2.15. The predicted octanol–water partition coefficient (Wildman–Crippen LogP) is 12.5. The molecule has 0 amide bonds. The molecule has 2 N–H and O–H groups in total. The van der Waals surface area contributed by atoms with Crippen LogP contribution in [0.1, 0.15) is 46.2 Å². The van der Waals surface area contributed by atoms with E-state index in [9.17, 15) is 0 Å². The lowest BCUT2D eigenvalue weighted by molar-refractivity contribution is 0.355. The molecule has 2 aromatic heterocycles. The molecular formula is C56H56N4O6. The van der Waals surface area contributed by atoms with E-state index in [0.29, 0.717) is 23.0 Å². The molecular weight excluding hydrogens is 825 g/mol. The van der Waals surface area contributed by atoms with Crippen molar-refractivity contribution in [1.29, 1.82) is 0 Å². The van der Waals surface area contributed by atoms with Crippen molar-refractivity contribution in [2.24, 2.45) is 0 Å². The number of H-pyrrole nitrogens is 2. The summed E-state index contributed by atoms with van der Waals surface area (Å²) in [4.78, 5) is 18.4. The van der Waals surface area contributed by atoms with Gasteiger partial charge in [-0.05, 0) is 171 Å². The molecule has 0 radical (unpaired) electrons. The smallest absolute Gasteiger partial charge is 0.161 e. The second-order valence-electron chi connectivity index (χ2n) is 16.8. The summed E-state index contributed by atoms with van der Waals surface area (Å²) >= 11 is 0. The van der Waals surface area contributed by atoms with Gasteiger partial charge in [-0.15, -0.1) is 0 Å². The molecule has 6 aromatic carbocycles. The molecule has 0 saturated heterocycles. The van der Waals surface area contributed by atoms with Crippen molar-refractivity contribution in [2.45, 2.75) is 52.4 Å². The van der Waals surface area contributed by atoms with Crippen LogP contribution in [0.2, 0.25) is 0 Å². The summed E-state index contributed by atoms with van der Waals surface area (Å²) in [7, 11) is 10.0. The highest BCUT2D eigenvalue weighted by Crippen LogP contribution is 2.42. The maximum Gasteiger partial charge on any atom is 0.161 e. The number of aromatic amines is 2. The summed E-state index contributed by atoms with van der Waals surface area (Å²) < 4.78 is 34.0. The Balaban J connectivity index is 1.10. The van der Waals surface area contributed by atoms with Gasteiger partial charge < -0.3 is 38.4 Å². The second-order valence-corrected chi connectivity index (χ2v) is 16.8. The van der Waals surface area contributed by atoms with Crippen molar-refractivity contribution < 1.29 is 28.4 Å². The summed E-state index contributed by atoms with van der Waals surface area (Å²) in [6.07, 6.45) is 5.44. The number of aromatic nitrogens is 4. The number of nitrogens with zero attached hydrogens (tertiary/aromatic N) is 2. The topological polar surface area (TPSA) is 113 Å². The number of methoxy groups -OCH3 is 6. The van der Waals surface area contributed by atoms with Gasteiger partial charge in [-0.1, -0.05) is 24.3 Å². The van der Waals surface area contributed by atoms with Crippen molar-refractivity contribution >= 4 is 0 Å². The quantitative estimate of drug-likeness (QED) is 0.125. The molecule has 12 rings (SSSR count). The average Bonchev–Trinajstić information content (AvgIpc) is 4.00. The number of rotatable bonds is 12. The minimum Gasteiger partial charge on any atom is -0.496 e. The van der Waals surface area contributed by atoms with E-state index < -0.39 is 0 Å². The number of hydrogen-bond donors (Lipinski definition) is 2. The molecule has 336 valence electrons. The molecule has 10 nitrogen and oxygen atoms in total. The molecule has 0 unspecified atom stereocenters. The van der Waals surface area contributed by atoms with Crippen LogP contribution < -0.4 is 28.4 Å². The molecule has 8 aromatic rings. The van der Waals surface area contributed by atoms with Crippen LogP contribution >= 0.6 is 0 Å². The summed E-state index contributed by atoms with van der Waals surface area (Å²) in [5, 5.41) is 0. The Hall–Kier alpha value is -7.46. The number of aryl methyl sites for hydroxylation is 6. The molecule has 0 spiro atoms. The van der Waals surface area contributed by atoms with Gasteiger partial charge in [0.15, 0.2) is 23.0 Å². The fourth-order valence-electron chi connectivity index (χ4n) is 9.27. The molecule has 2 heterocycles. The monoisotopic (exact) mass is 880 g/mol. The van der Waals surface area contributed by atoms with E-state index in [-0.39, 0.29) is 0 Å². The first-order valence-corrected chi connectivity index (χ1v) is 22.4. The standard InChI is InChI=1S/C56H56N4O6/c1-33-27-39(19-23-45(33)61-3)51-53(41-21-25-47(63-5)49(31-41)65-7)59-55(57-51)43-29-35-11-9-12-36-16-18-38(14-10-13-37(43)17-15-35)44(30-36)56-58-52(40-20-24-46(62-4)34(2)28-40)54(60-56)42-22-26-48(64-6)50(32-42)66-8/h15-32H,9-14H2,1-8H3,(H,57,59)(H,58,60). The zero-order chi connectivity index (χ0) is 45.9. The second kappa shape index (κ2) is 18.9. The number of benzene rings is 6. The average molecular weight is 881 g/mol. The minimum atomic E-state index is 0.645. The van der Waals surface area contributed by atoms with E-state index in [1.807, 2.05) is 48.5 Å². The van der Waals surface area contributed by atoms with Crippen LogP contribution in [0.3, 0.4) is 0 Å². The summed E-state index contributed by atoms with van der Waals surface area (Å²) in [5.41, 5.74) is 16.7. The Morgan fingerprint density at radius 1 is 0.379 bits per heavy atom. The largest absolute Gasteiger partial charge is 0.496 e. The first-order valence-electron chi connectivity index (χ1n) is 22.4. The molecule has 0 fully saturated rings. The number of hydrogen-bond acceptors (Lipinski definition) is 8. The van der Waals surface area contributed by atoms with Gasteiger partial charge in [0.05, 0.1) is 65.4 Å². The van der Waals surface area contributed by atoms with Crippen molar-refractivity contribution in [3.8, 4) is 102 Å². The molecule has 4 bridgehead atoms. The fraction of sp³-hybridized carbons (Fsp3) is 0.250. The van der Waals surface area contributed by atoms with Gasteiger partial charge in [0, 0.05) is 33.4 Å². The van der Waals surface area contributed by atoms with E-state index >= 15 is 0 Å². The van der Waals surface area contributed by atoms with Gasteiger partial charge in [0.1, 0.15) is 23.1 Å². The SMILES string of the molecule is COc1ccc(-c2nc(-c3cc4ccc3CCCc3ccc(cc3-c3nc(-c5ccc(OC)c(OC)c5)c(-c5ccc(OC)c(C)c5)[nH]3)CCC4)[nH]c2-c2ccc(OC)c(OC)c2)cc1C. The first-order chi connectivity index (χ1) is 32.2. The van der Waals surface area contributed by atoms with Gasteiger partial charge in [0.25, 0.3) is 0 Å². The normalized spacial score (nSPS) is 12.5. The lowest BCUT2D eigenvalue weighted by Crippen LogP contribution is -2.01. The van der Waals surface area contributed by atoms with Crippen LogP contribution in [0.4, 0.5) is 0 Å². The van der Waals surface area contributed by atoms with Crippen LogP contribution in [0.25, 0.3) is 67.8 Å². The highest BCUT2D eigenvalue weighted by molar-refractivity contribution is 5.85. The molecule has 66 heavy (non-hydrogen) atoms. The third-order valence-electron chi connectivity index (χ3n) is 12.8. The zero-order valence-electron chi connectivity index (χ0n) is 39.0. The minimum absolute atomic E-state index is 0.645. The van der Waals surface area contributed by atoms with Crippen molar-refractivity contribution in [3.05, 3.63) is 143 Å². The summed E-state index contributed by atoms with van der Waals surface area (Å²) in [6.45, 7) is 4.12. The van der Waals surface area contributed by atoms with E-state index in [4.69, 9.17) is 38.4 Å². The molecule has 0 atom stereocenters. The van der Waals surface area contributed by atoms with Gasteiger partial charge in [-0.2, -0.15) is 0 Å². The number of ether oxygens (including phenoxy) is 6. The van der Waals surface area contributed by atoms with Crippen LogP contribution in [-0.4, -0.2) is 62.6 Å². The molecule has 0 aliphatic heterocycles. The van der Waals surface area contributed by atoms with E-state index in [1.165, 1.54) is 22.3 Å². The van der Waals surface area contributed by atoms with E-state index in [1.54, 1.807) is 42.7 Å². The third-order valence-corrected chi connectivity index (χ3v) is 12.8.